The van der Waals surface area contributed by atoms with Crippen LogP contribution in [-0.4, -0.2) is 89.1 Å². The zero-order chi connectivity index (χ0) is 31.5. The van der Waals surface area contributed by atoms with Crippen molar-refractivity contribution in [3.8, 4) is 5.75 Å². The van der Waals surface area contributed by atoms with Gasteiger partial charge in [-0.25, -0.2) is 0 Å². The summed E-state index contributed by atoms with van der Waals surface area (Å²) in [6, 6.07) is 9.38. The molecule has 10 nitrogen and oxygen atoms in total. The molecule has 3 aliphatic rings. The number of halogens is 1. The average Bonchev–Trinajstić information content (AvgIpc) is 3.50. The molecule has 0 bridgehead atoms. The van der Waals surface area contributed by atoms with E-state index in [9.17, 15) is 29.1 Å². The first-order valence-corrected chi connectivity index (χ1v) is 15.5. The van der Waals surface area contributed by atoms with Crippen LogP contribution in [-0.2, 0) is 20.8 Å². The van der Waals surface area contributed by atoms with Crippen molar-refractivity contribution in [3.63, 3.8) is 0 Å². The quantitative estimate of drug-likeness (QED) is 0.436. The number of ether oxygens (including phenoxy) is 1. The minimum absolute atomic E-state index is 0.0277. The van der Waals surface area contributed by atoms with Gasteiger partial charge < -0.3 is 24.5 Å². The molecular formula is C33H38ClN3O7. The van der Waals surface area contributed by atoms with Crippen molar-refractivity contribution >= 4 is 41.6 Å². The molecule has 1 saturated heterocycles. The Labute approximate surface area is 261 Å². The summed E-state index contributed by atoms with van der Waals surface area (Å²) in [7, 11) is 1.62. The summed E-state index contributed by atoms with van der Waals surface area (Å²) in [5.41, 5.74) is 2.00. The largest absolute Gasteiger partial charge is 0.488 e. The van der Waals surface area contributed by atoms with Gasteiger partial charge in [-0.05, 0) is 43.0 Å². The summed E-state index contributed by atoms with van der Waals surface area (Å²) in [6.07, 6.45) is 3.91. The van der Waals surface area contributed by atoms with Crippen molar-refractivity contribution in [1.82, 2.24) is 14.7 Å². The van der Waals surface area contributed by atoms with Crippen LogP contribution >= 0.6 is 11.6 Å². The molecule has 44 heavy (non-hydrogen) atoms. The van der Waals surface area contributed by atoms with Gasteiger partial charge in [-0.3, -0.25) is 24.0 Å². The number of rotatable bonds is 8. The number of likely N-dealkylation sites (N-methyl/N-ethyl adjacent to an activating group) is 1. The van der Waals surface area contributed by atoms with E-state index in [1.165, 1.54) is 11.8 Å². The predicted octanol–water partition coefficient (Wildman–Crippen LogP) is 4.24. The average molecular weight is 624 g/mol. The third-order valence-electron chi connectivity index (χ3n) is 9.25. The molecule has 0 radical (unpaired) electrons. The second-order valence-electron chi connectivity index (χ2n) is 12.0. The molecule has 2 aromatic rings. The van der Waals surface area contributed by atoms with E-state index in [-0.39, 0.29) is 41.5 Å². The Morgan fingerprint density at radius 1 is 1.05 bits per heavy atom. The molecule has 234 valence electrons. The minimum Gasteiger partial charge on any atom is -0.488 e. The fourth-order valence-corrected chi connectivity index (χ4v) is 7.16. The summed E-state index contributed by atoms with van der Waals surface area (Å²) in [5, 5.41) is 10.5. The minimum atomic E-state index is -0.974. The number of carboxylic acids is 1. The fourth-order valence-electron chi connectivity index (χ4n) is 6.90. The van der Waals surface area contributed by atoms with Gasteiger partial charge in [0.1, 0.15) is 11.9 Å². The van der Waals surface area contributed by atoms with Gasteiger partial charge in [0.2, 0.25) is 11.8 Å². The molecule has 4 unspecified atom stereocenters. The first-order valence-electron chi connectivity index (χ1n) is 15.2. The van der Waals surface area contributed by atoms with Crippen LogP contribution < -0.4 is 4.74 Å². The van der Waals surface area contributed by atoms with Crippen LogP contribution in [0.5, 0.6) is 5.75 Å². The number of fused-ring (bicyclic) bond motifs is 1. The van der Waals surface area contributed by atoms with Crippen LogP contribution in [0.25, 0.3) is 0 Å². The molecule has 2 fully saturated rings. The number of carbonyl (C=O) groups is 5. The number of aliphatic carboxylic acids is 1. The molecule has 2 aromatic carbocycles. The molecule has 5 rings (SSSR count). The normalized spacial score (nSPS) is 23.1. The van der Waals surface area contributed by atoms with Gasteiger partial charge in [0.25, 0.3) is 5.91 Å². The van der Waals surface area contributed by atoms with Crippen LogP contribution in [0, 0.1) is 11.8 Å². The van der Waals surface area contributed by atoms with E-state index in [0.717, 1.165) is 18.4 Å². The van der Waals surface area contributed by atoms with Crippen molar-refractivity contribution in [3.05, 3.63) is 63.7 Å². The highest BCUT2D eigenvalue weighted by molar-refractivity contribution is 6.31. The third kappa shape index (κ3) is 6.31. The molecule has 2 aliphatic heterocycles. The lowest BCUT2D eigenvalue weighted by atomic mass is 9.77. The van der Waals surface area contributed by atoms with E-state index in [2.05, 4.69) is 0 Å². The standard InChI is InChI=1S/C33H38ClN3O7/c1-20(39)36-15-13-22(17-36)44-29-12-11-27(34)26-14-16-37(32(41)24-9-5-6-10-25(24)33(42)43)28(30(26)29)18-35(2)31(40)23-8-4-3-7-21(23)19-38/h3-4,7-8,11-12,19,22,24-25,28H,5-6,9-10,13-18H2,1-2H3,(H,42,43). The zero-order valence-electron chi connectivity index (χ0n) is 25.0. The molecule has 1 aliphatic carbocycles. The molecule has 2 heterocycles. The van der Waals surface area contributed by atoms with Crippen LogP contribution in [0.3, 0.4) is 0 Å². The second kappa shape index (κ2) is 13.4. The van der Waals surface area contributed by atoms with E-state index in [4.69, 9.17) is 16.3 Å². The van der Waals surface area contributed by atoms with Crippen LogP contribution in [0.4, 0.5) is 0 Å². The van der Waals surface area contributed by atoms with Crippen molar-refractivity contribution in [2.75, 3.05) is 33.2 Å². The van der Waals surface area contributed by atoms with Gasteiger partial charge in [0, 0.05) is 56.2 Å². The first-order chi connectivity index (χ1) is 21.1. The first kappa shape index (κ1) is 31.5. The summed E-state index contributed by atoms with van der Waals surface area (Å²) in [4.78, 5) is 68.7. The van der Waals surface area contributed by atoms with Gasteiger partial charge in [-0.1, -0.05) is 42.6 Å². The monoisotopic (exact) mass is 623 g/mol. The van der Waals surface area contributed by atoms with E-state index < -0.39 is 23.8 Å². The highest BCUT2D eigenvalue weighted by Crippen LogP contribution is 2.43. The summed E-state index contributed by atoms with van der Waals surface area (Å²) >= 11 is 6.73. The smallest absolute Gasteiger partial charge is 0.307 e. The number of likely N-dealkylation sites (tertiary alicyclic amines) is 1. The molecule has 0 spiro atoms. The Morgan fingerprint density at radius 2 is 1.77 bits per heavy atom. The lowest BCUT2D eigenvalue weighted by Gasteiger charge is -2.43. The zero-order valence-corrected chi connectivity index (χ0v) is 25.8. The van der Waals surface area contributed by atoms with E-state index in [0.29, 0.717) is 67.9 Å². The summed E-state index contributed by atoms with van der Waals surface area (Å²) in [6.45, 7) is 2.91. The highest BCUT2D eigenvalue weighted by atomic mass is 35.5. The number of benzene rings is 2. The number of carbonyl (C=O) groups excluding carboxylic acids is 4. The van der Waals surface area contributed by atoms with Crippen LogP contribution in [0.15, 0.2) is 36.4 Å². The van der Waals surface area contributed by atoms with Crippen molar-refractivity contribution in [2.45, 2.75) is 57.6 Å². The molecular weight excluding hydrogens is 586 g/mol. The highest BCUT2D eigenvalue weighted by Gasteiger charge is 2.43. The maximum absolute atomic E-state index is 14.3. The lowest BCUT2D eigenvalue weighted by Crippen LogP contribution is -2.50. The lowest BCUT2D eigenvalue weighted by molar-refractivity contribution is -0.153. The van der Waals surface area contributed by atoms with Crippen molar-refractivity contribution < 1.29 is 33.8 Å². The SMILES string of the molecule is CC(=O)N1CCC(Oc2ccc(Cl)c3c2C(CN(C)C(=O)c2ccccc2C=O)N(C(=O)C2CCCCC2C(=O)O)CC3)C1. The third-order valence-corrected chi connectivity index (χ3v) is 9.61. The number of carboxylic acid groups (broad SMARTS) is 1. The van der Waals surface area contributed by atoms with Crippen LogP contribution in [0.2, 0.25) is 5.02 Å². The number of nitrogens with zero attached hydrogens (tertiary/aromatic N) is 3. The maximum Gasteiger partial charge on any atom is 0.307 e. The van der Waals surface area contributed by atoms with Gasteiger partial charge >= 0.3 is 5.97 Å². The molecule has 4 atom stereocenters. The van der Waals surface area contributed by atoms with Gasteiger partial charge in [-0.2, -0.15) is 0 Å². The van der Waals surface area contributed by atoms with E-state index >= 15 is 0 Å². The number of aldehydes is 1. The van der Waals surface area contributed by atoms with Crippen molar-refractivity contribution in [1.29, 1.82) is 0 Å². The number of amides is 3. The second-order valence-corrected chi connectivity index (χ2v) is 12.4. The van der Waals surface area contributed by atoms with E-state index in [1.54, 1.807) is 53.2 Å². The topological polar surface area (TPSA) is 125 Å². The fraction of sp³-hybridized carbons (Fsp3) is 0.485. The molecule has 1 saturated carbocycles. The Morgan fingerprint density at radius 3 is 2.45 bits per heavy atom. The summed E-state index contributed by atoms with van der Waals surface area (Å²) in [5.74, 6) is -2.57. The Hall–Kier alpha value is -3.92. The predicted molar refractivity (Wildman–Crippen MR) is 163 cm³/mol. The van der Waals surface area contributed by atoms with Gasteiger partial charge in [0.15, 0.2) is 6.29 Å². The Bertz CT molecular complexity index is 1460. The number of hydrogen-bond acceptors (Lipinski definition) is 6. The van der Waals surface area contributed by atoms with Crippen molar-refractivity contribution in [2.24, 2.45) is 11.8 Å². The molecule has 3 amide bonds. The summed E-state index contributed by atoms with van der Waals surface area (Å²) < 4.78 is 6.50. The number of hydrogen-bond donors (Lipinski definition) is 1. The Kier molecular flexibility index (Phi) is 9.58. The van der Waals surface area contributed by atoms with Gasteiger partial charge in [-0.15, -0.1) is 0 Å². The molecule has 1 N–H and O–H groups in total. The molecule has 0 aromatic heterocycles. The van der Waals surface area contributed by atoms with Gasteiger partial charge in [0.05, 0.1) is 30.0 Å². The maximum atomic E-state index is 14.3. The molecule has 11 heteroatoms. The van der Waals surface area contributed by atoms with Crippen LogP contribution in [0.1, 0.15) is 76.9 Å². The van der Waals surface area contributed by atoms with E-state index in [1.807, 2.05) is 0 Å². The Balaban J connectivity index is 1.53.